The summed E-state index contributed by atoms with van der Waals surface area (Å²) in [6, 6.07) is 4.40. The number of anilines is 2. The molecule has 3 N–H and O–H groups in total. The van der Waals surface area contributed by atoms with Crippen molar-refractivity contribution in [3.05, 3.63) is 47.3 Å². The van der Waals surface area contributed by atoms with Gasteiger partial charge >= 0.3 is 12.2 Å². The standard InChI is InChI=1S/C33H37F4N7O/c1-18-13-31(9-3-11-44(31)14-18)17-45-30-40-28-23(29(41-30)43-15-21-8-10-32(16-43,42-21)20-4-5-20)7-6-22(26(28)34)27-25(33(35,36)37)19(2)12-24(38)39-27/h6-7,12,20-21,42H,1,3-5,8-11,13-17H2,2H3,(H2,38,39)/t21-,31-,32+/m0/s1. The third-order valence-corrected chi connectivity index (χ3v) is 10.7. The third-order valence-electron chi connectivity index (χ3n) is 10.7. The van der Waals surface area contributed by atoms with Gasteiger partial charge in [0.1, 0.15) is 23.8 Å². The molecule has 0 radical (unpaired) electrons. The normalized spacial score (nSPS) is 28.3. The number of aromatic nitrogens is 3. The van der Waals surface area contributed by atoms with Crippen LogP contribution in [0.15, 0.2) is 30.4 Å². The van der Waals surface area contributed by atoms with Gasteiger partial charge in [0, 0.05) is 42.2 Å². The number of hydrogen-bond acceptors (Lipinski definition) is 8. The zero-order chi connectivity index (χ0) is 31.3. The zero-order valence-corrected chi connectivity index (χ0v) is 25.3. The first-order valence-electron chi connectivity index (χ1n) is 15.9. The Morgan fingerprint density at radius 3 is 2.76 bits per heavy atom. The van der Waals surface area contributed by atoms with Gasteiger partial charge < -0.3 is 20.7 Å². The van der Waals surface area contributed by atoms with Crippen LogP contribution in [0.4, 0.5) is 29.2 Å². The molecular weight excluding hydrogens is 586 g/mol. The van der Waals surface area contributed by atoms with E-state index in [1.165, 1.54) is 25.8 Å². The number of nitrogens with one attached hydrogen (secondary N) is 1. The van der Waals surface area contributed by atoms with Crippen LogP contribution in [0.2, 0.25) is 0 Å². The largest absolute Gasteiger partial charge is 0.461 e. The number of rotatable bonds is 6. The summed E-state index contributed by atoms with van der Waals surface area (Å²) < 4.78 is 65.7. The van der Waals surface area contributed by atoms with Gasteiger partial charge in [-0.1, -0.05) is 12.2 Å². The number of benzene rings is 1. The van der Waals surface area contributed by atoms with Crippen LogP contribution in [-0.2, 0) is 6.18 Å². The molecule has 4 aliphatic heterocycles. The van der Waals surface area contributed by atoms with Crippen LogP contribution in [0.5, 0.6) is 6.01 Å². The lowest BCUT2D eigenvalue weighted by atomic mass is 9.90. The smallest absolute Gasteiger partial charge is 0.418 e. The first kappa shape index (κ1) is 28.9. The highest BCUT2D eigenvalue weighted by atomic mass is 19.4. The van der Waals surface area contributed by atoms with E-state index in [1.54, 1.807) is 6.07 Å². The number of nitrogens with zero attached hydrogens (tertiary/aromatic N) is 5. The Labute approximate surface area is 259 Å². The number of hydrogen-bond donors (Lipinski definition) is 2. The van der Waals surface area contributed by atoms with Gasteiger partial charge in [0.15, 0.2) is 5.82 Å². The van der Waals surface area contributed by atoms with Crippen molar-refractivity contribution in [3.63, 3.8) is 0 Å². The van der Waals surface area contributed by atoms with Crippen molar-refractivity contribution in [2.45, 2.75) is 75.2 Å². The molecule has 1 aromatic carbocycles. The van der Waals surface area contributed by atoms with Crippen molar-refractivity contribution in [1.82, 2.24) is 25.2 Å². The highest BCUT2D eigenvalue weighted by molar-refractivity contribution is 5.94. The van der Waals surface area contributed by atoms with Crippen LogP contribution in [0.1, 0.15) is 56.1 Å². The molecule has 8 nitrogen and oxygen atoms in total. The number of nitrogen functional groups attached to an aromatic ring is 1. The van der Waals surface area contributed by atoms with Crippen molar-refractivity contribution in [2.24, 2.45) is 5.92 Å². The summed E-state index contributed by atoms with van der Waals surface area (Å²) in [7, 11) is 0. The zero-order valence-electron chi connectivity index (χ0n) is 25.3. The van der Waals surface area contributed by atoms with Crippen LogP contribution in [0, 0.1) is 18.7 Å². The predicted octanol–water partition coefficient (Wildman–Crippen LogP) is 5.63. The second kappa shape index (κ2) is 9.99. The van der Waals surface area contributed by atoms with E-state index in [-0.39, 0.29) is 45.6 Å². The van der Waals surface area contributed by atoms with Gasteiger partial charge in [0.05, 0.1) is 16.8 Å². The average molecular weight is 624 g/mol. The van der Waals surface area contributed by atoms with E-state index in [9.17, 15) is 13.2 Å². The fraction of sp³-hybridized carbons (Fsp3) is 0.545. The lowest BCUT2D eigenvalue weighted by molar-refractivity contribution is -0.137. The van der Waals surface area contributed by atoms with Crippen molar-refractivity contribution < 1.29 is 22.3 Å². The molecule has 0 amide bonds. The Hall–Kier alpha value is -3.51. The minimum absolute atomic E-state index is 0.0160. The molecule has 5 aliphatic rings. The molecule has 0 spiro atoms. The van der Waals surface area contributed by atoms with Gasteiger partial charge in [-0.25, -0.2) is 9.37 Å². The first-order chi connectivity index (χ1) is 21.4. The van der Waals surface area contributed by atoms with E-state index in [0.717, 1.165) is 63.4 Å². The Kier molecular flexibility index (Phi) is 6.42. The molecule has 238 valence electrons. The maximum absolute atomic E-state index is 16.7. The Balaban J connectivity index is 1.25. The topological polar surface area (TPSA) is 92.4 Å². The molecule has 5 fully saturated rings. The Morgan fingerprint density at radius 2 is 1.98 bits per heavy atom. The molecule has 1 saturated carbocycles. The number of nitrogens with two attached hydrogens (primary N) is 1. The molecule has 2 bridgehead atoms. The number of alkyl halides is 3. The Bertz CT molecular complexity index is 1730. The van der Waals surface area contributed by atoms with E-state index in [1.807, 2.05) is 0 Å². The number of aryl methyl sites for hydroxylation is 1. The van der Waals surface area contributed by atoms with Crippen molar-refractivity contribution in [3.8, 4) is 17.3 Å². The highest BCUT2D eigenvalue weighted by Crippen LogP contribution is 2.49. The van der Waals surface area contributed by atoms with Crippen LogP contribution < -0.4 is 20.7 Å². The van der Waals surface area contributed by atoms with Crippen molar-refractivity contribution in [2.75, 3.05) is 43.4 Å². The van der Waals surface area contributed by atoms with Gasteiger partial charge in [-0.2, -0.15) is 23.1 Å². The first-order valence-corrected chi connectivity index (χ1v) is 15.9. The van der Waals surface area contributed by atoms with Crippen molar-refractivity contribution >= 4 is 22.5 Å². The molecular formula is C33H37F4N7O. The summed E-state index contributed by atoms with van der Waals surface area (Å²) >= 11 is 0. The minimum Gasteiger partial charge on any atom is -0.461 e. The predicted molar refractivity (Wildman–Crippen MR) is 163 cm³/mol. The number of fused-ring (bicyclic) bond motifs is 4. The third kappa shape index (κ3) is 4.74. The summed E-state index contributed by atoms with van der Waals surface area (Å²) in [5, 5.41) is 4.29. The summed E-state index contributed by atoms with van der Waals surface area (Å²) in [4.78, 5) is 18.0. The summed E-state index contributed by atoms with van der Waals surface area (Å²) in [5.41, 5.74) is 4.69. The molecule has 3 atom stereocenters. The van der Waals surface area contributed by atoms with Crippen LogP contribution in [0.25, 0.3) is 22.2 Å². The summed E-state index contributed by atoms with van der Waals surface area (Å²) in [5.74, 6) is 0.110. The Morgan fingerprint density at radius 1 is 1.16 bits per heavy atom. The molecule has 8 rings (SSSR count). The van der Waals surface area contributed by atoms with Gasteiger partial charge in [-0.3, -0.25) is 4.90 Å². The maximum Gasteiger partial charge on any atom is 0.418 e. The molecule has 4 saturated heterocycles. The quantitative estimate of drug-likeness (QED) is 0.270. The summed E-state index contributed by atoms with van der Waals surface area (Å²) in [6.07, 6.45) is 2.56. The van der Waals surface area contributed by atoms with Gasteiger partial charge in [0.2, 0.25) is 0 Å². The van der Waals surface area contributed by atoms with Gasteiger partial charge in [-0.15, -0.1) is 0 Å². The average Bonchev–Trinajstić information content (AvgIpc) is 3.62. The lowest BCUT2D eigenvalue weighted by Gasteiger charge is -2.42. The molecule has 12 heteroatoms. The monoisotopic (exact) mass is 623 g/mol. The van der Waals surface area contributed by atoms with Crippen LogP contribution >= 0.6 is 0 Å². The number of ether oxygens (including phenoxy) is 1. The number of piperazine rings is 1. The fourth-order valence-corrected chi connectivity index (χ4v) is 8.67. The minimum atomic E-state index is -4.76. The molecule has 1 aliphatic carbocycles. The van der Waals surface area contributed by atoms with E-state index >= 15 is 4.39 Å². The summed E-state index contributed by atoms with van der Waals surface area (Å²) in [6.45, 7) is 9.01. The lowest BCUT2D eigenvalue weighted by Crippen LogP contribution is -2.61. The van der Waals surface area contributed by atoms with Crippen LogP contribution in [0.3, 0.4) is 0 Å². The molecule has 45 heavy (non-hydrogen) atoms. The van der Waals surface area contributed by atoms with E-state index < -0.39 is 23.3 Å². The van der Waals surface area contributed by atoms with Gasteiger partial charge in [0.25, 0.3) is 0 Å². The van der Waals surface area contributed by atoms with Crippen LogP contribution in [-0.4, -0.2) is 69.8 Å². The van der Waals surface area contributed by atoms with Crippen molar-refractivity contribution in [1.29, 1.82) is 0 Å². The van der Waals surface area contributed by atoms with Gasteiger partial charge in [-0.05, 0) is 88.1 Å². The van der Waals surface area contributed by atoms with E-state index in [2.05, 4.69) is 31.7 Å². The molecule has 3 aromatic rings. The number of pyridine rings is 1. The van der Waals surface area contributed by atoms with E-state index in [4.69, 9.17) is 15.5 Å². The van der Waals surface area contributed by atoms with E-state index in [0.29, 0.717) is 30.3 Å². The highest BCUT2D eigenvalue weighted by Gasteiger charge is 2.53. The maximum atomic E-state index is 16.7. The molecule has 0 unspecified atom stereocenters. The number of halogens is 4. The second-order valence-corrected chi connectivity index (χ2v) is 13.9. The second-order valence-electron chi connectivity index (χ2n) is 13.9. The molecule has 6 heterocycles. The SMILES string of the molecule is C=C1CN2CCC[C@@]2(COc2nc(N3C[C@@H]4CC[C@](C5CC5)(C3)N4)c3ccc(-c4nc(N)cc(C)c4C(F)(F)F)c(F)c3n2)C1. The molecule has 2 aromatic heterocycles. The fourth-order valence-electron chi connectivity index (χ4n) is 8.67.